The maximum atomic E-state index is 13.4. The molecule has 5 rings (SSSR count). The summed E-state index contributed by atoms with van der Waals surface area (Å²) < 4.78 is 6.23. The molecule has 0 aromatic heterocycles. The van der Waals surface area contributed by atoms with Gasteiger partial charge in [0.1, 0.15) is 11.5 Å². The van der Waals surface area contributed by atoms with Crippen molar-refractivity contribution in [1.29, 1.82) is 0 Å². The first-order valence-corrected chi connectivity index (χ1v) is 9.58. The molecule has 5 atom stereocenters. The van der Waals surface area contributed by atoms with Gasteiger partial charge in [-0.3, -0.25) is 9.59 Å². The van der Waals surface area contributed by atoms with E-state index >= 15 is 0 Å². The first-order valence-electron chi connectivity index (χ1n) is 9.58. The topological polar surface area (TPSA) is 66.8 Å². The molecule has 2 fully saturated rings. The van der Waals surface area contributed by atoms with E-state index in [0.29, 0.717) is 13.0 Å². The number of benzene rings is 2. The van der Waals surface area contributed by atoms with E-state index in [1.54, 1.807) is 0 Å². The van der Waals surface area contributed by atoms with Gasteiger partial charge in [-0.15, -0.1) is 0 Å². The van der Waals surface area contributed by atoms with E-state index in [4.69, 9.17) is 4.74 Å². The predicted octanol–water partition coefficient (Wildman–Crippen LogP) is 2.66. The molecule has 2 aromatic carbocycles. The summed E-state index contributed by atoms with van der Waals surface area (Å²) in [4.78, 5) is 27.2. The van der Waals surface area contributed by atoms with Crippen molar-refractivity contribution in [2.75, 3.05) is 0 Å². The minimum Gasteiger partial charge on any atom is -0.481 e. The van der Waals surface area contributed by atoms with Crippen molar-refractivity contribution in [3.63, 3.8) is 0 Å². The standard InChI is InChI=1S/C23H21NO4/c25-21-20-19(22(26)27)17-11-12-23(20,28-17)18(13-15-7-3-1-4-8-15)24(21)14-16-9-5-2-6-10-16/h1-12,17-20H,13-14H2,(H,26,27)/t17-,18-,19-,20+,23-/m1/s1. The van der Waals surface area contributed by atoms with Gasteiger partial charge < -0.3 is 14.7 Å². The number of carbonyl (C=O) groups excluding carboxylic acids is 1. The summed E-state index contributed by atoms with van der Waals surface area (Å²) in [5, 5.41) is 9.76. The van der Waals surface area contributed by atoms with Crippen LogP contribution in [-0.2, 0) is 27.3 Å². The summed E-state index contributed by atoms with van der Waals surface area (Å²) in [6, 6.07) is 19.6. The number of carboxylic acid groups (broad SMARTS) is 1. The Bertz CT molecular complexity index is 942. The molecule has 0 radical (unpaired) electrons. The molecule has 1 N–H and O–H groups in total. The van der Waals surface area contributed by atoms with Crippen molar-refractivity contribution in [2.24, 2.45) is 11.8 Å². The van der Waals surface area contributed by atoms with E-state index in [1.807, 2.05) is 77.7 Å². The Labute approximate surface area is 163 Å². The number of aliphatic carboxylic acids is 1. The predicted molar refractivity (Wildman–Crippen MR) is 102 cm³/mol. The highest BCUT2D eigenvalue weighted by Gasteiger charge is 2.70. The fourth-order valence-electron chi connectivity index (χ4n) is 5.08. The molecule has 2 saturated heterocycles. The third-order valence-corrected chi connectivity index (χ3v) is 6.28. The number of hydrogen-bond donors (Lipinski definition) is 1. The number of rotatable bonds is 5. The third kappa shape index (κ3) is 2.43. The quantitative estimate of drug-likeness (QED) is 0.816. The Balaban J connectivity index is 1.56. The van der Waals surface area contributed by atoms with E-state index < -0.39 is 29.5 Å². The second kappa shape index (κ2) is 6.31. The first kappa shape index (κ1) is 17.2. The first-order chi connectivity index (χ1) is 13.6. The van der Waals surface area contributed by atoms with Gasteiger partial charge in [0, 0.05) is 6.54 Å². The lowest BCUT2D eigenvalue weighted by molar-refractivity contribution is -0.148. The molecule has 5 heteroatoms. The lowest BCUT2D eigenvalue weighted by Crippen LogP contribution is -2.46. The van der Waals surface area contributed by atoms with Gasteiger partial charge in [-0.25, -0.2) is 0 Å². The van der Waals surface area contributed by atoms with Crippen LogP contribution in [0.1, 0.15) is 11.1 Å². The molecule has 3 heterocycles. The largest absolute Gasteiger partial charge is 0.481 e. The maximum absolute atomic E-state index is 13.4. The maximum Gasteiger partial charge on any atom is 0.310 e. The molecular formula is C23H21NO4. The zero-order chi connectivity index (χ0) is 19.3. The molecule has 28 heavy (non-hydrogen) atoms. The molecule has 0 saturated carbocycles. The monoisotopic (exact) mass is 375 g/mol. The van der Waals surface area contributed by atoms with E-state index in [2.05, 4.69) is 0 Å². The minimum absolute atomic E-state index is 0.121. The van der Waals surface area contributed by atoms with E-state index in [0.717, 1.165) is 11.1 Å². The molecule has 2 aromatic rings. The highest BCUT2D eigenvalue weighted by Crippen LogP contribution is 2.55. The average Bonchev–Trinajstić information content (AvgIpc) is 3.34. The van der Waals surface area contributed by atoms with Crippen LogP contribution in [0.25, 0.3) is 0 Å². The number of hydrogen-bond acceptors (Lipinski definition) is 3. The smallest absolute Gasteiger partial charge is 0.310 e. The van der Waals surface area contributed by atoms with Crippen LogP contribution < -0.4 is 0 Å². The molecule has 0 aliphatic carbocycles. The molecule has 2 bridgehead atoms. The van der Waals surface area contributed by atoms with Gasteiger partial charge >= 0.3 is 5.97 Å². The molecule has 5 nitrogen and oxygen atoms in total. The average molecular weight is 375 g/mol. The van der Waals surface area contributed by atoms with Crippen molar-refractivity contribution in [3.05, 3.63) is 83.9 Å². The summed E-state index contributed by atoms with van der Waals surface area (Å²) in [5.74, 6) is -2.58. The Morgan fingerprint density at radius 1 is 1.04 bits per heavy atom. The van der Waals surface area contributed by atoms with Gasteiger partial charge in [0.15, 0.2) is 0 Å². The Hall–Kier alpha value is -2.92. The van der Waals surface area contributed by atoms with Crippen LogP contribution in [0, 0.1) is 11.8 Å². The summed E-state index contributed by atoms with van der Waals surface area (Å²) in [6.45, 7) is 0.448. The van der Waals surface area contributed by atoms with E-state index in [1.165, 1.54) is 0 Å². The SMILES string of the molecule is O=C(O)[C@H]1[C@H]2C(=O)N(Cc3ccccc3)[C@H](Cc3ccccc3)[C@]23C=C[C@H]1O3. The van der Waals surface area contributed by atoms with Crippen LogP contribution in [0.5, 0.6) is 0 Å². The van der Waals surface area contributed by atoms with Crippen LogP contribution in [0.15, 0.2) is 72.8 Å². The summed E-state index contributed by atoms with van der Waals surface area (Å²) in [7, 11) is 0. The van der Waals surface area contributed by atoms with Gasteiger partial charge in [-0.2, -0.15) is 0 Å². The fourth-order valence-corrected chi connectivity index (χ4v) is 5.08. The number of carbonyl (C=O) groups is 2. The van der Waals surface area contributed by atoms with Gasteiger partial charge in [0.25, 0.3) is 0 Å². The molecule has 3 aliphatic rings. The van der Waals surface area contributed by atoms with Crippen LogP contribution in [0.2, 0.25) is 0 Å². The lowest BCUT2D eigenvalue weighted by atomic mass is 9.74. The van der Waals surface area contributed by atoms with Crippen LogP contribution in [-0.4, -0.2) is 39.6 Å². The molecule has 1 amide bonds. The molecule has 0 unspecified atom stereocenters. The Morgan fingerprint density at radius 2 is 1.68 bits per heavy atom. The van der Waals surface area contributed by atoms with Crippen LogP contribution in [0.4, 0.5) is 0 Å². The number of carboxylic acids is 1. The zero-order valence-electron chi connectivity index (χ0n) is 15.3. The molecule has 1 spiro atoms. The minimum atomic E-state index is -0.963. The van der Waals surface area contributed by atoms with Crippen molar-refractivity contribution in [1.82, 2.24) is 4.90 Å². The number of fused-ring (bicyclic) bond motifs is 1. The van der Waals surface area contributed by atoms with Gasteiger partial charge in [0.2, 0.25) is 5.91 Å². The number of nitrogens with zero attached hydrogens (tertiary/aromatic N) is 1. The normalized spacial score (nSPS) is 32.7. The second-order valence-corrected chi connectivity index (χ2v) is 7.79. The van der Waals surface area contributed by atoms with Gasteiger partial charge in [-0.1, -0.05) is 72.8 Å². The Morgan fingerprint density at radius 3 is 2.32 bits per heavy atom. The second-order valence-electron chi connectivity index (χ2n) is 7.79. The highest BCUT2D eigenvalue weighted by molar-refractivity contribution is 5.91. The van der Waals surface area contributed by atoms with E-state index in [-0.39, 0.29) is 11.9 Å². The van der Waals surface area contributed by atoms with Crippen LogP contribution in [0.3, 0.4) is 0 Å². The highest BCUT2D eigenvalue weighted by atomic mass is 16.5. The van der Waals surface area contributed by atoms with Crippen molar-refractivity contribution < 1.29 is 19.4 Å². The molecule has 3 aliphatic heterocycles. The number of amides is 1. The Kier molecular flexibility index (Phi) is 3.88. The van der Waals surface area contributed by atoms with Crippen LogP contribution >= 0.6 is 0 Å². The summed E-state index contributed by atoms with van der Waals surface area (Å²) in [6.07, 6.45) is 3.87. The zero-order valence-corrected chi connectivity index (χ0v) is 15.3. The van der Waals surface area contributed by atoms with Crippen molar-refractivity contribution in [2.45, 2.75) is 30.7 Å². The number of ether oxygens (including phenoxy) is 1. The van der Waals surface area contributed by atoms with Gasteiger partial charge in [0.05, 0.1) is 18.1 Å². The number of likely N-dealkylation sites (tertiary alicyclic amines) is 1. The van der Waals surface area contributed by atoms with E-state index in [9.17, 15) is 14.7 Å². The molecule has 142 valence electrons. The third-order valence-electron chi connectivity index (χ3n) is 6.28. The van der Waals surface area contributed by atoms with Crippen molar-refractivity contribution in [3.8, 4) is 0 Å². The van der Waals surface area contributed by atoms with Gasteiger partial charge in [-0.05, 0) is 17.5 Å². The fraction of sp³-hybridized carbons (Fsp3) is 0.304. The van der Waals surface area contributed by atoms with Crippen molar-refractivity contribution >= 4 is 11.9 Å². The molecular weight excluding hydrogens is 354 g/mol. The summed E-state index contributed by atoms with van der Waals surface area (Å²) >= 11 is 0. The lowest BCUT2D eigenvalue weighted by Gasteiger charge is -2.33. The summed E-state index contributed by atoms with van der Waals surface area (Å²) in [5.41, 5.74) is 1.26.